The molecule has 0 atom stereocenters. The zero-order chi connectivity index (χ0) is 19.0. The van der Waals surface area contributed by atoms with Gasteiger partial charge < -0.3 is 9.80 Å². The van der Waals surface area contributed by atoms with Gasteiger partial charge in [0.05, 0.1) is 11.4 Å². The quantitative estimate of drug-likeness (QED) is 0.698. The SMILES string of the molecule is Cc1cn2c(CN3CCN(C(=O)N(C)C)CC3)c(-c3ccccc3)nc2s1. The zero-order valence-electron chi connectivity index (χ0n) is 16.1. The van der Waals surface area contributed by atoms with Gasteiger partial charge in [0, 0.05) is 63.5 Å². The summed E-state index contributed by atoms with van der Waals surface area (Å²) in [4.78, 5) is 25.4. The van der Waals surface area contributed by atoms with Crippen LogP contribution >= 0.6 is 11.3 Å². The molecule has 1 aliphatic heterocycles. The van der Waals surface area contributed by atoms with E-state index in [1.165, 1.54) is 10.6 Å². The molecule has 0 N–H and O–H groups in total. The highest BCUT2D eigenvalue weighted by atomic mass is 32.1. The summed E-state index contributed by atoms with van der Waals surface area (Å²) in [5.41, 5.74) is 3.45. The summed E-state index contributed by atoms with van der Waals surface area (Å²) in [6.07, 6.45) is 2.18. The number of rotatable bonds is 3. The van der Waals surface area contributed by atoms with Crippen LogP contribution in [0.1, 0.15) is 10.6 Å². The number of piperazine rings is 1. The number of thiazole rings is 1. The normalized spacial score (nSPS) is 15.4. The highest BCUT2D eigenvalue weighted by Gasteiger charge is 2.24. The standard InChI is InChI=1S/C20H25N5OS/c1-15-13-25-17(14-23-9-11-24(12-10-23)20(26)22(2)3)18(21-19(25)27-15)16-7-5-4-6-8-16/h4-8,13H,9-12,14H2,1-3H3. The van der Waals surface area contributed by atoms with Crippen molar-refractivity contribution in [1.29, 1.82) is 0 Å². The maximum absolute atomic E-state index is 12.2. The number of carbonyl (C=O) groups is 1. The molecular formula is C20H25N5OS. The first-order valence-electron chi connectivity index (χ1n) is 9.24. The second kappa shape index (κ2) is 7.32. The first kappa shape index (κ1) is 18.0. The molecule has 4 rings (SSSR count). The van der Waals surface area contributed by atoms with Gasteiger partial charge in [0.25, 0.3) is 0 Å². The van der Waals surface area contributed by atoms with Gasteiger partial charge in [-0.15, -0.1) is 11.3 Å². The summed E-state index contributed by atoms with van der Waals surface area (Å²) in [5, 5.41) is 0. The monoisotopic (exact) mass is 383 g/mol. The number of imidazole rings is 1. The topological polar surface area (TPSA) is 44.1 Å². The van der Waals surface area contributed by atoms with E-state index < -0.39 is 0 Å². The molecule has 1 aliphatic rings. The fourth-order valence-corrected chi connectivity index (χ4v) is 4.42. The van der Waals surface area contributed by atoms with Crippen LogP contribution < -0.4 is 0 Å². The second-order valence-corrected chi connectivity index (χ2v) is 8.42. The van der Waals surface area contributed by atoms with E-state index in [0.29, 0.717) is 0 Å². The number of hydrogen-bond acceptors (Lipinski definition) is 4. The Morgan fingerprint density at radius 1 is 1.15 bits per heavy atom. The van der Waals surface area contributed by atoms with Crippen molar-refractivity contribution in [2.45, 2.75) is 13.5 Å². The number of benzene rings is 1. The molecule has 0 aliphatic carbocycles. The number of aryl methyl sites for hydroxylation is 1. The minimum Gasteiger partial charge on any atom is -0.331 e. The lowest BCUT2D eigenvalue weighted by Crippen LogP contribution is -2.51. The van der Waals surface area contributed by atoms with Gasteiger partial charge in [-0.05, 0) is 6.92 Å². The van der Waals surface area contributed by atoms with Crippen LogP contribution in [0.15, 0.2) is 36.5 Å². The lowest BCUT2D eigenvalue weighted by molar-refractivity contribution is 0.119. The molecule has 27 heavy (non-hydrogen) atoms. The molecule has 6 nitrogen and oxygen atoms in total. The van der Waals surface area contributed by atoms with E-state index in [1.807, 2.05) is 25.1 Å². The van der Waals surface area contributed by atoms with Crippen molar-refractivity contribution in [3.63, 3.8) is 0 Å². The van der Waals surface area contributed by atoms with E-state index in [-0.39, 0.29) is 6.03 Å². The molecule has 3 heterocycles. The number of carbonyl (C=O) groups excluding carboxylic acids is 1. The molecule has 0 bridgehead atoms. The highest BCUT2D eigenvalue weighted by Crippen LogP contribution is 2.29. The molecule has 1 fully saturated rings. The van der Waals surface area contributed by atoms with Crippen LogP contribution in [0.5, 0.6) is 0 Å². The second-order valence-electron chi connectivity index (χ2n) is 7.21. The Balaban J connectivity index is 1.58. The van der Waals surface area contributed by atoms with Crippen molar-refractivity contribution in [2.75, 3.05) is 40.3 Å². The molecule has 0 unspecified atom stereocenters. The summed E-state index contributed by atoms with van der Waals surface area (Å²) in [5.74, 6) is 0. The molecule has 7 heteroatoms. The first-order chi connectivity index (χ1) is 13.0. The third-order valence-electron chi connectivity index (χ3n) is 4.99. The van der Waals surface area contributed by atoms with Crippen LogP contribution in [-0.2, 0) is 6.54 Å². The van der Waals surface area contributed by atoms with Crippen molar-refractivity contribution in [3.05, 3.63) is 47.1 Å². The van der Waals surface area contributed by atoms with E-state index in [1.54, 1.807) is 16.2 Å². The molecule has 3 aromatic rings. The summed E-state index contributed by atoms with van der Waals surface area (Å²) in [6, 6.07) is 10.5. The average Bonchev–Trinajstić information content (AvgIpc) is 3.19. The molecule has 2 aromatic heterocycles. The van der Waals surface area contributed by atoms with Crippen LogP contribution in [0.25, 0.3) is 16.2 Å². The molecular weight excluding hydrogens is 358 g/mol. The van der Waals surface area contributed by atoms with E-state index in [4.69, 9.17) is 4.98 Å². The van der Waals surface area contributed by atoms with Crippen LogP contribution in [-0.4, -0.2) is 70.4 Å². The lowest BCUT2D eigenvalue weighted by atomic mass is 10.1. The summed E-state index contributed by atoms with van der Waals surface area (Å²) in [7, 11) is 3.62. The third-order valence-corrected chi connectivity index (χ3v) is 5.88. The van der Waals surface area contributed by atoms with Crippen LogP contribution in [0, 0.1) is 6.92 Å². The van der Waals surface area contributed by atoms with Gasteiger partial charge in [-0.2, -0.15) is 0 Å². The van der Waals surface area contributed by atoms with Crippen LogP contribution in [0.4, 0.5) is 4.79 Å². The van der Waals surface area contributed by atoms with E-state index in [0.717, 1.165) is 48.9 Å². The van der Waals surface area contributed by atoms with Crippen LogP contribution in [0.3, 0.4) is 0 Å². The van der Waals surface area contributed by atoms with Crippen molar-refractivity contribution < 1.29 is 4.79 Å². The van der Waals surface area contributed by atoms with Gasteiger partial charge in [0.15, 0.2) is 4.96 Å². The molecule has 0 saturated carbocycles. The summed E-state index contributed by atoms with van der Waals surface area (Å²) >= 11 is 1.73. The minimum atomic E-state index is 0.0971. The van der Waals surface area contributed by atoms with E-state index in [9.17, 15) is 4.79 Å². The van der Waals surface area contributed by atoms with Crippen molar-refractivity contribution in [3.8, 4) is 11.3 Å². The van der Waals surface area contributed by atoms with Gasteiger partial charge in [-0.3, -0.25) is 9.30 Å². The van der Waals surface area contributed by atoms with Crippen molar-refractivity contribution in [2.24, 2.45) is 0 Å². The summed E-state index contributed by atoms with van der Waals surface area (Å²) in [6.45, 7) is 6.25. The first-order valence-corrected chi connectivity index (χ1v) is 10.1. The fourth-order valence-electron chi connectivity index (χ4n) is 3.57. The molecule has 142 valence electrons. The molecule has 2 amide bonds. The third kappa shape index (κ3) is 3.57. The smallest absolute Gasteiger partial charge is 0.319 e. The number of hydrogen-bond donors (Lipinski definition) is 0. The van der Waals surface area contributed by atoms with Gasteiger partial charge in [0.2, 0.25) is 0 Å². The van der Waals surface area contributed by atoms with Crippen LogP contribution in [0.2, 0.25) is 0 Å². The number of fused-ring (bicyclic) bond motifs is 1. The lowest BCUT2D eigenvalue weighted by Gasteiger charge is -2.35. The van der Waals surface area contributed by atoms with Crippen molar-refractivity contribution >= 4 is 22.3 Å². The Hall–Kier alpha value is -2.38. The van der Waals surface area contributed by atoms with Gasteiger partial charge in [-0.25, -0.2) is 9.78 Å². The molecule has 1 saturated heterocycles. The number of nitrogens with zero attached hydrogens (tertiary/aromatic N) is 5. The Morgan fingerprint density at radius 2 is 1.85 bits per heavy atom. The van der Waals surface area contributed by atoms with Gasteiger partial charge >= 0.3 is 6.03 Å². The fraction of sp³-hybridized carbons (Fsp3) is 0.400. The minimum absolute atomic E-state index is 0.0971. The Labute approximate surface area is 163 Å². The zero-order valence-corrected chi connectivity index (χ0v) is 16.9. The maximum Gasteiger partial charge on any atom is 0.319 e. The Bertz CT molecular complexity index is 938. The van der Waals surface area contributed by atoms with Gasteiger partial charge in [0.1, 0.15) is 0 Å². The number of urea groups is 1. The Morgan fingerprint density at radius 3 is 2.52 bits per heavy atom. The van der Waals surface area contributed by atoms with Gasteiger partial charge in [-0.1, -0.05) is 30.3 Å². The van der Waals surface area contributed by atoms with Crippen molar-refractivity contribution in [1.82, 2.24) is 24.1 Å². The molecule has 1 aromatic carbocycles. The Kier molecular flexibility index (Phi) is 4.88. The molecule has 0 radical (unpaired) electrons. The maximum atomic E-state index is 12.2. The molecule has 0 spiro atoms. The summed E-state index contributed by atoms with van der Waals surface area (Å²) < 4.78 is 2.24. The number of aromatic nitrogens is 2. The average molecular weight is 384 g/mol. The van der Waals surface area contributed by atoms with E-state index >= 15 is 0 Å². The number of amides is 2. The predicted octanol–water partition coefficient (Wildman–Crippen LogP) is 3.17. The largest absolute Gasteiger partial charge is 0.331 e. The highest BCUT2D eigenvalue weighted by molar-refractivity contribution is 7.17. The van der Waals surface area contributed by atoms with E-state index in [2.05, 4.69) is 46.7 Å². The predicted molar refractivity (Wildman–Crippen MR) is 109 cm³/mol.